The van der Waals surface area contributed by atoms with Gasteiger partial charge in [0.15, 0.2) is 0 Å². The van der Waals surface area contributed by atoms with Gasteiger partial charge in [-0.15, -0.1) is 11.3 Å². The molecule has 0 aliphatic rings. The first-order valence-corrected chi connectivity index (χ1v) is 9.40. The second-order valence-electron chi connectivity index (χ2n) is 4.76. The van der Waals surface area contributed by atoms with E-state index in [1.165, 1.54) is 11.3 Å². The molecule has 1 heterocycles. The minimum Gasteiger partial charge on any atom is -0.334 e. The number of benzene rings is 1. The Labute approximate surface area is 136 Å². The molecule has 2 N–H and O–H groups in total. The molecule has 118 valence electrons. The van der Waals surface area contributed by atoms with Crippen molar-refractivity contribution in [3.05, 3.63) is 46.4 Å². The normalized spacial score (nSPS) is 13.4. The molecule has 1 aromatic heterocycles. The SMILES string of the molecule is CC[C@@H](NC(=O)NCc1ccc([S@](C)=O)cc1)c1nccs1. The van der Waals surface area contributed by atoms with Crippen molar-refractivity contribution in [3.8, 4) is 0 Å². The van der Waals surface area contributed by atoms with Crippen LogP contribution < -0.4 is 10.6 Å². The largest absolute Gasteiger partial charge is 0.334 e. The molecule has 0 spiro atoms. The lowest BCUT2D eigenvalue weighted by molar-refractivity contribution is 0.236. The van der Waals surface area contributed by atoms with Gasteiger partial charge in [0.05, 0.1) is 6.04 Å². The van der Waals surface area contributed by atoms with Gasteiger partial charge in [-0.3, -0.25) is 4.21 Å². The lowest BCUT2D eigenvalue weighted by Crippen LogP contribution is -2.37. The number of nitrogens with one attached hydrogen (secondary N) is 2. The first-order chi connectivity index (χ1) is 10.6. The van der Waals surface area contributed by atoms with E-state index in [-0.39, 0.29) is 12.1 Å². The third-order valence-electron chi connectivity index (χ3n) is 3.17. The lowest BCUT2D eigenvalue weighted by Gasteiger charge is -2.15. The number of aromatic nitrogens is 1. The quantitative estimate of drug-likeness (QED) is 0.851. The van der Waals surface area contributed by atoms with Crippen molar-refractivity contribution in [1.29, 1.82) is 0 Å². The zero-order valence-corrected chi connectivity index (χ0v) is 14.2. The Balaban J connectivity index is 1.85. The average Bonchev–Trinajstić information content (AvgIpc) is 3.05. The molecule has 2 aromatic rings. The van der Waals surface area contributed by atoms with Crippen LogP contribution in [0.1, 0.15) is 30.0 Å². The van der Waals surface area contributed by atoms with E-state index in [4.69, 9.17) is 0 Å². The van der Waals surface area contributed by atoms with Crippen molar-refractivity contribution in [2.24, 2.45) is 0 Å². The summed E-state index contributed by atoms with van der Waals surface area (Å²) in [4.78, 5) is 17.0. The molecule has 7 heteroatoms. The lowest BCUT2D eigenvalue weighted by atomic mass is 10.2. The van der Waals surface area contributed by atoms with Crippen molar-refractivity contribution >= 4 is 28.2 Å². The highest BCUT2D eigenvalue weighted by atomic mass is 32.2. The summed E-state index contributed by atoms with van der Waals surface area (Å²) in [7, 11) is -0.982. The molecule has 0 unspecified atom stereocenters. The van der Waals surface area contributed by atoms with E-state index in [1.807, 2.05) is 36.6 Å². The van der Waals surface area contributed by atoms with Gasteiger partial charge >= 0.3 is 6.03 Å². The number of hydrogen-bond acceptors (Lipinski definition) is 4. The van der Waals surface area contributed by atoms with Crippen molar-refractivity contribution in [2.75, 3.05) is 6.26 Å². The van der Waals surface area contributed by atoms with Crippen LogP contribution in [-0.4, -0.2) is 21.5 Å². The van der Waals surface area contributed by atoms with Crippen molar-refractivity contribution in [1.82, 2.24) is 15.6 Å². The van der Waals surface area contributed by atoms with Gasteiger partial charge in [0.2, 0.25) is 0 Å². The fourth-order valence-corrected chi connectivity index (χ4v) is 3.23. The molecule has 2 amide bonds. The number of carbonyl (C=O) groups is 1. The molecule has 22 heavy (non-hydrogen) atoms. The number of thiazole rings is 1. The Kier molecular flexibility index (Phi) is 6.09. The molecular formula is C15H19N3O2S2. The summed E-state index contributed by atoms with van der Waals surface area (Å²) in [6.45, 7) is 2.44. The van der Waals surface area contributed by atoms with Crippen molar-refractivity contribution < 1.29 is 9.00 Å². The number of carbonyl (C=O) groups excluding carboxylic acids is 1. The highest BCUT2D eigenvalue weighted by Crippen LogP contribution is 2.18. The molecule has 0 bridgehead atoms. The maximum Gasteiger partial charge on any atom is 0.315 e. The first kappa shape index (κ1) is 16.6. The first-order valence-electron chi connectivity index (χ1n) is 6.96. The Bertz CT molecular complexity index is 627. The molecular weight excluding hydrogens is 318 g/mol. The molecule has 0 saturated heterocycles. The van der Waals surface area contributed by atoms with E-state index in [0.29, 0.717) is 6.54 Å². The third kappa shape index (κ3) is 4.64. The number of rotatable bonds is 6. The summed E-state index contributed by atoms with van der Waals surface area (Å²) in [6.07, 6.45) is 4.17. The van der Waals surface area contributed by atoms with Crippen LogP contribution in [0.2, 0.25) is 0 Å². The molecule has 5 nitrogen and oxygen atoms in total. The Hall–Kier alpha value is -1.73. The van der Waals surface area contributed by atoms with E-state index in [1.54, 1.807) is 12.5 Å². The average molecular weight is 337 g/mol. The van der Waals surface area contributed by atoms with Crippen LogP contribution in [0.25, 0.3) is 0 Å². The molecule has 0 fully saturated rings. The van der Waals surface area contributed by atoms with E-state index in [2.05, 4.69) is 15.6 Å². The van der Waals surface area contributed by atoms with Crippen LogP contribution >= 0.6 is 11.3 Å². The predicted octanol–water partition coefficient (Wildman–Crippen LogP) is 2.83. The highest BCUT2D eigenvalue weighted by Gasteiger charge is 2.14. The van der Waals surface area contributed by atoms with E-state index in [9.17, 15) is 9.00 Å². The summed E-state index contributed by atoms with van der Waals surface area (Å²) in [6, 6.07) is 7.09. The summed E-state index contributed by atoms with van der Waals surface area (Å²) < 4.78 is 11.3. The van der Waals surface area contributed by atoms with Crippen LogP contribution in [0.5, 0.6) is 0 Å². The number of hydrogen-bond donors (Lipinski definition) is 2. The van der Waals surface area contributed by atoms with Gasteiger partial charge in [-0.1, -0.05) is 19.1 Å². The van der Waals surface area contributed by atoms with Gasteiger partial charge in [0.25, 0.3) is 0 Å². The maximum absolute atomic E-state index is 12.0. The standard InChI is InChI=1S/C15H19N3O2S2/c1-3-13(14-16-8-9-21-14)18-15(19)17-10-11-4-6-12(7-5-11)22(2)20/h4-9,13H,3,10H2,1-2H3,(H2,17,18,19)/t13-,22+/m1/s1. The second-order valence-corrected chi connectivity index (χ2v) is 7.06. The maximum atomic E-state index is 12.0. The molecule has 0 saturated carbocycles. The summed E-state index contributed by atoms with van der Waals surface area (Å²) >= 11 is 1.53. The number of amides is 2. The zero-order valence-electron chi connectivity index (χ0n) is 12.5. The molecule has 0 aliphatic heterocycles. The number of urea groups is 1. The smallest absolute Gasteiger partial charge is 0.315 e. The van der Waals surface area contributed by atoms with Gasteiger partial charge in [-0.25, -0.2) is 9.78 Å². The third-order valence-corrected chi connectivity index (χ3v) is 5.00. The fourth-order valence-electron chi connectivity index (χ4n) is 1.94. The molecule has 0 radical (unpaired) electrons. The molecule has 2 atom stereocenters. The van der Waals surface area contributed by atoms with Crippen molar-refractivity contribution in [2.45, 2.75) is 30.8 Å². The fraction of sp³-hybridized carbons (Fsp3) is 0.333. The Morgan fingerprint density at radius 1 is 1.36 bits per heavy atom. The zero-order chi connectivity index (χ0) is 15.9. The second kappa shape index (κ2) is 8.05. The molecule has 0 aliphatic carbocycles. The van der Waals surface area contributed by atoms with Crippen LogP contribution in [0.15, 0.2) is 40.7 Å². The topological polar surface area (TPSA) is 71.1 Å². The van der Waals surface area contributed by atoms with E-state index in [0.717, 1.165) is 21.9 Å². The summed E-state index contributed by atoms with van der Waals surface area (Å²) in [5.74, 6) is 0. The predicted molar refractivity (Wildman–Crippen MR) is 89.3 cm³/mol. The van der Waals surface area contributed by atoms with Gasteiger partial charge < -0.3 is 10.6 Å². The Morgan fingerprint density at radius 3 is 2.64 bits per heavy atom. The minimum atomic E-state index is -0.982. The van der Waals surface area contributed by atoms with E-state index >= 15 is 0 Å². The van der Waals surface area contributed by atoms with Crippen LogP contribution in [0.3, 0.4) is 0 Å². The van der Waals surface area contributed by atoms with Gasteiger partial charge in [0.1, 0.15) is 5.01 Å². The monoisotopic (exact) mass is 337 g/mol. The summed E-state index contributed by atoms with van der Waals surface area (Å²) in [5, 5.41) is 8.55. The number of nitrogens with zero attached hydrogens (tertiary/aromatic N) is 1. The summed E-state index contributed by atoms with van der Waals surface area (Å²) in [5.41, 5.74) is 0.964. The van der Waals surface area contributed by atoms with Gasteiger partial charge in [-0.05, 0) is 24.1 Å². The molecule has 1 aromatic carbocycles. The highest BCUT2D eigenvalue weighted by molar-refractivity contribution is 7.84. The molecule has 2 rings (SSSR count). The van der Waals surface area contributed by atoms with Gasteiger partial charge in [0, 0.05) is 40.1 Å². The Morgan fingerprint density at radius 2 is 2.09 bits per heavy atom. The van der Waals surface area contributed by atoms with Crippen LogP contribution in [-0.2, 0) is 17.3 Å². The van der Waals surface area contributed by atoms with E-state index < -0.39 is 10.8 Å². The van der Waals surface area contributed by atoms with Gasteiger partial charge in [-0.2, -0.15) is 0 Å². The van der Waals surface area contributed by atoms with Crippen molar-refractivity contribution in [3.63, 3.8) is 0 Å². The minimum absolute atomic E-state index is 0.0649. The van der Waals surface area contributed by atoms with Crippen LogP contribution in [0, 0.1) is 0 Å². The van der Waals surface area contributed by atoms with Crippen LogP contribution in [0.4, 0.5) is 4.79 Å².